The zero-order valence-electron chi connectivity index (χ0n) is 16.3. The Balaban J connectivity index is 1.44. The highest BCUT2D eigenvalue weighted by atomic mass is 35.5. The van der Waals surface area contributed by atoms with Crippen LogP contribution < -0.4 is 0 Å². The molecule has 28 heavy (non-hydrogen) atoms. The van der Waals surface area contributed by atoms with Gasteiger partial charge in [0.2, 0.25) is 5.28 Å². The predicted molar refractivity (Wildman–Crippen MR) is 116 cm³/mol. The third kappa shape index (κ3) is 4.43. The molecule has 0 amide bonds. The van der Waals surface area contributed by atoms with Crippen LogP contribution in [-0.2, 0) is 6.42 Å². The van der Waals surface area contributed by atoms with E-state index in [1.54, 1.807) is 0 Å². The van der Waals surface area contributed by atoms with Crippen molar-refractivity contribution in [3.05, 3.63) is 82.8 Å². The van der Waals surface area contributed by atoms with Crippen LogP contribution in [0.25, 0.3) is 11.3 Å². The van der Waals surface area contributed by atoms with Gasteiger partial charge in [-0.2, -0.15) is 0 Å². The lowest BCUT2D eigenvalue weighted by atomic mass is 9.89. The van der Waals surface area contributed by atoms with Gasteiger partial charge in [0, 0.05) is 18.0 Å². The fourth-order valence-electron chi connectivity index (χ4n) is 4.14. The maximum absolute atomic E-state index is 6.30. The van der Waals surface area contributed by atoms with Gasteiger partial charge < -0.3 is 4.90 Å². The van der Waals surface area contributed by atoms with Crippen LogP contribution in [0.1, 0.15) is 35.6 Å². The first-order valence-electron chi connectivity index (χ1n) is 10.1. The second kappa shape index (κ2) is 8.85. The minimum atomic E-state index is 0.353. The molecule has 0 aliphatic carbocycles. The van der Waals surface area contributed by atoms with E-state index >= 15 is 0 Å². The summed E-state index contributed by atoms with van der Waals surface area (Å²) in [5.74, 6) is 0.455. The number of hydrogen-bond acceptors (Lipinski definition) is 3. The van der Waals surface area contributed by atoms with Gasteiger partial charge in [-0.15, -0.1) is 0 Å². The number of hydrogen-bond donors (Lipinski definition) is 0. The first kappa shape index (κ1) is 19.1. The molecule has 3 aromatic rings. The summed E-state index contributed by atoms with van der Waals surface area (Å²) < 4.78 is 0. The summed E-state index contributed by atoms with van der Waals surface area (Å²) >= 11 is 6.30. The molecule has 144 valence electrons. The highest BCUT2D eigenvalue weighted by molar-refractivity contribution is 6.28. The van der Waals surface area contributed by atoms with Crippen molar-refractivity contribution in [1.82, 2.24) is 14.9 Å². The highest BCUT2D eigenvalue weighted by Gasteiger charge is 2.25. The van der Waals surface area contributed by atoms with Crippen molar-refractivity contribution in [2.75, 3.05) is 19.6 Å². The van der Waals surface area contributed by atoms with Gasteiger partial charge in [0.05, 0.1) is 11.4 Å². The number of rotatable bonds is 5. The van der Waals surface area contributed by atoms with Crippen molar-refractivity contribution in [3.63, 3.8) is 0 Å². The molecule has 0 atom stereocenters. The van der Waals surface area contributed by atoms with Gasteiger partial charge >= 0.3 is 0 Å². The molecule has 1 fully saturated rings. The standard InChI is InChI=1S/C24H26ClN3/c1-18-22(20-10-6-3-7-11-20)26-24(25)27-23(18)21-13-16-28(17-14-21)15-12-19-8-4-2-5-9-19/h2-11,21H,12-17H2,1H3. The van der Waals surface area contributed by atoms with Crippen molar-refractivity contribution in [2.24, 2.45) is 0 Å². The quantitative estimate of drug-likeness (QED) is 0.535. The van der Waals surface area contributed by atoms with Crippen molar-refractivity contribution in [3.8, 4) is 11.3 Å². The van der Waals surface area contributed by atoms with E-state index in [1.807, 2.05) is 18.2 Å². The summed E-state index contributed by atoms with van der Waals surface area (Å²) in [6.45, 7) is 5.48. The van der Waals surface area contributed by atoms with Crippen molar-refractivity contribution in [2.45, 2.75) is 32.1 Å². The lowest BCUT2D eigenvalue weighted by Gasteiger charge is -2.32. The number of halogens is 1. The average molecular weight is 392 g/mol. The monoisotopic (exact) mass is 391 g/mol. The Morgan fingerprint density at radius 1 is 0.929 bits per heavy atom. The molecule has 4 rings (SSSR count). The normalized spacial score (nSPS) is 15.6. The zero-order valence-corrected chi connectivity index (χ0v) is 17.1. The smallest absolute Gasteiger partial charge is 0.223 e. The lowest BCUT2D eigenvalue weighted by molar-refractivity contribution is 0.213. The maximum atomic E-state index is 6.30. The third-order valence-corrected chi connectivity index (χ3v) is 5.91. The number of likely N-dealkylation sites (tertiary alicyclic amines) is 1. The van der Waals surface area contributed by atoms with Gasteiger partial charge in [-0.05, 0) is 62.0 Å². The van der Waals surface area contributed by atoms with Gasteiger partial charge in [0.1, 0.15) is 0 Å². The predicted octanol–water partition coefficient (Wildman–Crippen LogP) is 5.53. The summed E-state index contributed by atoms with van der Waals surface area (Å²) in [6, 6.07) is 21.0. The summed E-state index contributed by atoms with van der Waals surface area (Å²) in [5, 5.41) is 0.353. The van der Waals surface area contributed by atoms with Gasteiger partial charge in [0.15, 0.2) is 0 Å². The van der Waals surface area contributed by atoms with Crippen LogP contribution in [-0.4, -0.2) is 34.5 Å². The molecule has 1 aromatic heterocycles. The van der Waals surface area contributed by atoms with E-state index in [9.17, 15) is 0 Å². The molecule has 0 unspecified atom stereocenters. The van der Waals surface area contributed by atoms with Crippen LogP contribution in [0.4, 0.5) is 0 Å². The molecule has 2 heterocycles. The Morgan fingerprint density at radius 3 is 2.25 bits per heavy atom. The Labute approximate surface area is 172 Å². The van der Waals surface area contributed by atoms with Crippen LogP contribution in [0.5, 0.6) is 0 Å². The molecule has 0 bridgehead atoms. The Hall–Kier alpha value is -2.23. The fourth-order valence-corrected chi connectivity index (χ4v) is 4.32. The molecular weight excluding hydrogens is 366 g/mol. The van der Waals surface area contributed by atoms with Gasteiger partial charge in [-0.3, -0.25) is 0 Å². The molecule has 4 heteroatoms. The SMILES string of the molecule is Cc1c(-c2ccccc2)nc(Cl)nc1C1CCN(CCc2ccccc2)CC1. The summed E-state index contributed by atoms with van der Waals surface area (Å²) in [7, 11) is 0. The highest BCUT2D eigenvalue weighted by Crippen LogP contribution is 2.33. The first-order chi connectivity index (χ1) is 13.7. The van der Waals surface area contributed by atoms with E-state index < -0.39 is 0 Å². The van der Waals surface area contributed by atoms with Crippen LogP contribution in [0.2, 0.25) is 5.28 Å². The first-order valence-corrected chi connectivity index (χ1v) is 10.4. The Morgan fingerprint density at radius 2 is 1.57 bits per heavy atom. The maximum Gasteiger partial charge on any atom is 0.223 e. The minimum Gasteiger partial charge on any atom is -0.303 e. The van der Waals surface area contributed by atoms with Crippen LogP contribution in [0, 0.1) is 6.92 Å². The van der Waals surface area contributed by atoms with E-state index in [-0.39, 0.29) is 0 Å². The van der Waals surface area contributed by atoms with Gasteiger partial charge in [-0.1, -0.05) is 60.7 Å². The van der Waals surface area contributed by atoms with E-state index in [4.69, 9.17) is 11.6 Å². The topological polar surface area (TPSA) is 29.0 Å². The minimum absolute atomic E-state index is 0.353. The van der Waals surface area contributed by atoms with Crippen LogP contribution in [0.15, 0.2) is 60.7 Å². The fraction of sp³-hybridized carbons (Fsp3) is 0.333. The molecule has 3 nitrogen and oxygen atoms in total. The molecule has 1 aliphatic heterocycles. The molecule has 1 saturated heterocycles. The molecule has 1 aliphatic rings. The largest absolute Gasteiger partial charge is 0.303 e. The second-order valence-electron chi connectivity index (χ2n) is 7.57. The third-order valence-electron chi connectivity index (χ3n) is 5.74. The van der Waals surface area contributed by atoms with Crippen LogP contribution in [0.3, 0.4) is 0 Å². The Bertz CT molecular complexity index is 904. The van der Waals surface area contributed by atoms with Crippen molar-refractivity contribution >= 4 is 11.6 Å². The molecule has 0 N–H and O–H groups in total. The average Bonchev–Trinajstić information content (AvgIpc) is 2.75. The Kier molecular flexibility index (Phi) is 6.04. The van der Waals surface area contributed by atoms with E-state index in [0.29, 0.717) is 11.2 Å². The number of aromatic nitrogens is 2. The second-order valence-corrected chi connectivity index (χ2v) is 7.91. The van der Waals surface area contributed by atoms with Crippen molar-refractivity contribution in [1.29, 1.82) is 0 Å². The van der Waals surface area contributed by atoms with E-state index in [0.717, 1.165) is 55.8 Å². The summed E-state index contributed by atoms with van der Waals surface area (Å²) in [4.78, 5) is 11.7. The van der Waals surface area contributed by atoms with Gasteiger partial charge in [0.25, 0.3) is 0 Å². The number of benzene rings is 2. The van der Waals surface area contributed by atoms with E-state index in [1.165, 1.54) is 11.1 Å². The zero-order chi connectivity index (χ0) is 19.3. The van der Waals surface area contributed by atoms with Gasteiger partial charge in [-0.25, -0.2) is 9.97 Å². The summed E-state index contributed by atoms with van der Waals surface area (Å²) in [6.07, 6.45) is 3.36. The summed E-state index contributed by atoms with van der Waals surface area (Å²) in [5.41, 5.74) is 5.77. The van der Waals surface area contributed by atoms with Crippen molar-refractivity contribution < 1.29 is 0 Å². The number of nitrogens with zero attached hydrogens (tertiary/aromatic N) is 3. The number of piperidine rings is 1. The molecule has 0 spiro atoms. The molecule has 0 radical (unpaired) electrons. The molecule has 2 aromatic carbocycles. The lowest BCUT2D eigenvalue weighted by Crippen LogP contribution is -2.35. The molecular formula is C24H26ClN3. The molecule has 0 saturated carbocycles. The van der Waals surface area contributed by atoms with E-state index in [2.05, 4.69) is 64.3 Å². The van der Waals surface area contributed by atoms with Crippen LogP contribution >= 0.6 is 11.6 Å².